The highest BCUT2D eigenvalue weighted by molar-refractivity contribution is 6.32. The van der Waals surface area contributed by atoms with Crippen molar-refractivity contribution < 1.29 is 13.2 Å². The molecule has 0 atom stereocenters. The molecule has 0 N–H and O–H groups in total. The van der Waals surface area contributed by atoms with Gasteiger partial charge in [-0.05, 0) is 54.8 Å². The third kappa shape index (κ3) is 4.05. The molecule has 2 aromatic carbocycles. The van der Waals surface area contributed by atoms with Crippen LogP contribution in [0.1, 0.15) is 29.6 Å². The molecule has 0 aliphatic heterocycles. The van der Waals surface area contributed by atoms with Gasteiger partial charge >= 0.3 is 6.18 Å². The van der Waals surface area contributed by atoms with Crippen molar-refractivity contribution >= 4 is 22.6 Å². The minimum Gasteiger partial charge on any atom is -0.296 e. The molecular formula is C23H19ClF3N3. The number of benzene rings is 2. The Bertz CT molecular complexity index is 1170. The molecule has 0 amide bonds. The molecule has 0 saturated heterocycles. The Morgan fingerprint density at radius 3 is 2.40 bits per heavy atom. The van der Waals surface area contributed by atoms with Crippen LogP contribution in [0.3, 0.4) is 0 Å². The fourth-order valence-electron chi connectivity index (χ4n) is 3.52. The number of alkyl halides is 3. The molecule has 0 spiro atoms. The van der Waals surface area contributed by atoms with Crippen molar-refractivity contribution in [3.05, 3.63) is 88.5 Å². The van der Waals surface area contributed by atoms with Crippen LogP contribution < -0.4 is 0 Å². The minimum atomic E-state index is -4.52. The fraction of sp³-hybridized carbons (Fsp3) is 0.217. The summed E-state index contributed by atoms with van der Waals surface area (Å²) in [4.78, 5) is 8.75. The molecule has 0 aliphatic carbocycles. The molecule has 0 unspecified atom stereocenters. The number of nitrogens with zero attached hydrogens (tertiary/aromatic N) is 3. The Hall–Kier alpha value is -2.86. The quantitative estimate of drug-likeness (QED) is 0.365. The third-order valence-electron chi connectivity index (χ3n) is 5.02. The molecule has 3 nitrogen and oxygen atoms in total. The summed E-state index contributed by atoms with van der Waals surface area (Å²) in [6, 6.07) is 16.2. The van der Waals surface area contributed by atoms with E-state index in [-0.39, 0.29) is 10.5 Å². The van der Waals surface area contributed by atoms with Gasteiger partial charge in [-0.15, -0.1) is 0 Å². The number of halogens is 4. The number of fused-ring (bicyclic) bond motifs is 1. The lowest BCUT2D eigenvalue weighted by molar-refractivity contribution is -0.137. The van der Waals surface area contributed by atoms with Gasteiger partial charge in [-0.25, -0.2) is 4.98 Å². The molecule has 2 heterocycles. The van der Waals surface area contributed by atoms with Crippen LogP contribution in [-0.4, -0.2) is 14.5 Å². The topological polar surface area (TPSA) is 30.7 Å². The molecule has 4 rings (SSSR count). The summed E-state index contributed by atoms with van der Waals surface area (Å²) >= 11 is 5.96. The van der Waals surface area contributed by atoms with Gasteiger partial charge in [0, 0.05) is 24.0 Å². The molecule has 7 heteroatoms. The maximum Gasteiger partial charge on any atom is 0.417 e. The van der Waals surface area contributed by atoms with Crippen molar-refractivity contribution in [3.63, 3.8) is 0 Å². The standard InChI is InChI=1S/C23H19ClF3N3/c1-2-22-29-20-13-18(23(25,26)27)19(24)14-21(20)30(22)17-10-7-15(8-11-17)6-9-16-5-3-4-12-28-16/h3-5,7-8,10-14H,2,6,9H2,1H3. The van der Waals surface area contributed by atoms with Crippen LogP contribution in [0.2, 0.25) is 5.02 Å². The van der Waals surface area contributed by atoms with Crippen LogP contribution in [-0.2, 0) is 25.4 Å². The van der Waals surface area contributed by atoms with Crippen molar-refractivity contribution in [1.29, 1.82) is 0 Å². The Balaban J connectivity index is 1.67. The van der Waals surface area contributed by atoms with Gasteiger partial charge in [0.1, 0.15) is 5.82 Å². The summed E-state index contributed by atoms with van der Waals surface area (Å²) in [7, 11) is 0. The van der Waals surface area contributed by atoms with E-state index in [0.717, 1.165) is 35.9 Å². The lowest BCUT2D eigenvalue weighted by atomic mass is 10.1. The monoisotopic (exact) mass is 429 g/mol. The summed E-state index contributed by atoms with van der Waals surface area (Å²) in [5.74, 6) is 0.682. The lowest BCUT2D eigenvalue weighted by Gasteiger charge is -2.11. The molecule has 0 fully saturated rings. The normalized spacial score (nSPS) is 11.9. The van der Waals surface area contributed by atoms with Crippen LogP contribution in [0.15, 0.2) is 60.8 Å². The zero-order chi connectivity index (χ0) is 21.3. The highest BCUT2D eigenvalue weighted by Gasteiger charge is 2.34. The van der Waals surface area contributed by atoms with E-state index >= 15 is 0 Å². The zero-order valence-electron chi connectivity index (χ0n) is 16.2. The van der Waals surface area contributed by atoms with Crippen molar-refractivity contribution in [1.82, 2.24) is 14.5 Å². The summed E-state index contributed by atoms with van der Waals surface area (Å²) in [5.41, 5.74) is 3.00. The largest absolute Gasteiger partial charge is 0.417 e. The van der Waals surface area contributed by atoms with Crippen molar-refractivity contribution in [2.45, 2.75) is 32.4 Å². The van der Waals surface area contributed by atoms with E-state index in [4.69, 9.17) is 11.6 Å². The average molecular weight is 430 g/mol. The number of rotatable bonds is 5. The van der Waals surface area contributed by atoms with Crippen LogP contribution >= 0.6 is 11.6 Å². The van der Waals surface area contributed by atoms with Gasteiger partial charge in [0.05, 0.1) is 21.6 Å². The smallest absolute Gasteiger partial charge is 0.296 e. The predicted molar refractivity (Wildman–Crippen MR) is 112 cm³/mol. The first-order chi connectivity index (χ1) is 14.4. The Labute approximate surface area is 177 Å². The fourth-order valence-corrected chi connectivity index (χ4v) is 3.79. The van der Waals surface area contributed by atoms with Crippen LogP contribution in [0.4, 0.5) is 13.2 Å². The van der Waals surface area contributed by atoms with Crippen molar-refractivity contribution in [3.8, 4) is 5.69 Å². The second kappa shape index (κ2) is 8.11. The molecule has 0 radical (unpaired) electrons. The van der Waals surface area contributed by atoms with Gasteiger partial charge in [-0.1, -0.05) is 36.7 Å². The van der Waals surface area contributed by atoms with Crippen LogP contribution in [0, 0.1) is 0 Å². The van der Waals surface area contributed by atoms with Gasteiger partial charge in [-0.3, -0.25) is 9.55 Å². The summed E-state index contributed by atoms with van der Waals surface area (Å²) in [6.45, 7) is 1.92. The van der Waals surface area contributed by atoms with E-state index in [2.05, 4.69) is 9.97 Å². The maximum atomic E-state index is 13.2. The molecular weight excluding hydrogens is 411 g/mol. The first-order valence-electron chi connectivity index (χ1n) is 9.64. The summed E-state index contributed by atoms with van der Waals surface area (Å²) in [5, 5.41) is -0.328. The molecule has 4 aromatic rings. The lowest BCUT2D eigenvalue weighted by Crippen LogP contribution is -2.06. The van der Waals surface area contributed by atoms with Crippen molar-refractivity contribution in [2.75, 3.05) is 0 Å². The number of pyridine rings is 1. The second-order valence-corrected chi connectivity index (χ2v) is 7.43. The number of hydrogen-bond donors (Lipinski definition) is 0. The molecule has 30 heavy (non-hydrogen) atoms. The van der Waals surface area contributed by atoms with E-state index in [1.807, 2.05) is 54.0 Å². The van der Waals surface area contributed by atoms with Gasteiger partial charge in [0.2, 0.25) is 0 Å². The molecule has 2 aromatic heterocycles. The number of hydrogen-bond acceptors (Lipinski definition) is 2. The maximum absolute atomic E-state index is 13.2. The molecule has 0 aliphatic rings. The predicted octanol–water partition coefficient (Wildman–Crippen LogP) is 6.44. The molecule has 0 bridgehead atoms. The van der Waals surface area contributed by atoms with Gasteiger partial charge in [-0.2, -0.15) is 13.2 Å². The van der Waals surface area contributed by atoms with E-state index in [0.29, 0.717) is 17.8 Å². The van der Waals surface area contributed by atoms with Gasteiger partial charge in [0.15, 0.2) is 0 Å². The highest BCUT2D eigenvalue weighted by atomic mass is 35.5. The van der Waals surface area contributed by atoms with Crippen molar-refractivity contribution in [2.24, 2.45) is 0 Å². The molecule has 0 saturated carbocycles. The number of aryl methyl sites for hydroxylation is 3. The van der Waals surface area contributed by atoms with E-state index in [1.54, 1.807) is 6.20 Å². The molecule has 154 valence electrons. The van der Waals surface area contributed by atoms with E-state index in [9.17, 15) is 13.2 Å². The second-order valence-electron chi connectivity index (χ2n) is 7.02. The van der Waals surface area contributed by atoms with Gasteiger partial charge in [0.25, 0.3) is 0 Å². The minimum absolute atomic E-state index is 0.280. The third-order valence-corrected chi connectivity index (χ3v) is 5.34. The Morgan fingerprint density at radius 2 is 1.77 bits per heavy atom. The van der Waals surface area contributed by atoms with Crippen LogP contribution in [0.5, 0.6) is 0 Å². The number of aromatic nitrogens is 3. The average Bonchev–Trinajstić information content (AvgIpc) is 3.09. The highest BCUT2D eigenvalue weighted by Crippen LogP contribution is 2.37. The van der Waals surface area contributed by atoms with E-state index in [1.165, 1.54) is 6.07 Å². The SMILES string of the molecule is CCc1nc2cc(C(F)(F)F)c(Cl)cc2n1-c1ccc(CCc2ccccn2)cc1. The Kier molecular flexibility index (Phi) is 5.52. The number of imidazole rings is 1. The first-order valence-corrected chi connectivity index (χ1v) is 10.0. The van der Waals surface area contributed by atoms with E-state index < -0.39 is 11.7 Å². The first kappa shape index (κ1) is 20.4. The zero-order valence-corrected chi connectivity index (χ0v) is 17.0. The summed E-state index contributed by atoms with van der Waals surface area (Å²) < 4.78 is 41.5. The van der Waals surface area contributed by atoms with Crippen LogP contribution in [0.25, 0.3) is 16.7 Å². The van der Waals surface area contributed by atoms with Gasteiger partial charge < -0.3 is 0 Å². The summed E-state index contributed by atoms with van der Waals surface area (Å²) in [6.07, 6.45) is -0.469. The Morgan fingerprint density at radius 1 is 1.00 bits per heavy atom.